The highest BCUT2D eigenvalue weighted by atomic mass is 32.2. The van der Waals surface area contributed by atoms with E-state index in [1.165, 1.54) is 18.2 Å². The van der Waals surface area contributed by atoms with Gasteiger partial charge in [0, 0.05) is 51.2 Å². The van der Waals surface area contributed by atoms with Crippen LogP contribution in [0.5, 0.6) is 0 Å². The third kappa shape index (κ3) is 5.22. The molecule has 36 heavy (non-hydrogen) atoms. The fraction of sp³-hybridized carbons (Fsp3) is 0.480. The van der Waals surface area contributed by atoms with Crippen molar-refractivity contribution >= 4 is 37.0 Å². The van der Waals surface area contributed by atoms with E-state index in [4.69, 9.17) is 0 Å². The Morgan fingerprint density at radius 3 is 1.92 bits per heavy atom. The molecule has 0 spiro atoms. The normalized spacial score (nSPS) is 17.2. The topological polar surface area (TPSA) is 95.1 Å². The number of carbonyl (C=O) groups is 1. The SMILES string of the molecule is CC(C)S(=O)(=O)c1ccc(N2CCCC2)c(C(=O)N2CCN(c3ccc(S(C)(=O)=O)cc3F)CC2)c1. The lowest BCUT2D eigenvalue weighted by molar-refractivity contribution is 0.0747. The summed E-state index contributed by atoms with van der Waals surface area (Å²) in [7, 11) is -7.06. The molecule has 0 atom stereocenters. The van der Waals surface area contributed by atoms with E-state index < -0.39 is 30.7 Å². The van der Waals surface area contributed by atoms with E-state index in [-0.39, 0.29) is 21.4 Å². The van der Waals surface area contributed by atoms with E-state index in [1.54, 1.807) is 35.8 Å². The van der Waals surface area contributed by atoms with Crippen molar-refractivity contribution in [1.29, 1.82) is 0 Å². The summed E-state index contributed by atoms with van der Waals surface area (Å²) in [4.78, 5) is 19.3. The number of rotatable bonds is 6. The molecule has 11 heteroatoms. The Balaban J connectivity index is 1.57. The van der Waals surface area contributed by atoms with E-state index in [1.807, 2.05) is 0 Å². The van der Waals surface area contributed by atoms with Crippen LogP contribution in [-0.2, 0) is 19.7 Å². The average Bonchev–Trinajstić information content (AvgIpc) is 3.37. The lowest BCUT2D eigenvalue weighted by atomic mass is 10.1. The van der Waals surface area contributed by atoms with Crippen molar-refractivity contribution in [1.82, 2.24) is 4.90 Å². The third-order valence-electron chi connectivity index (χ3n) is 6.85. The first kappa shape index (κ1) is 26.4. The molecule has 2 aromatic carbocycles. The lowest BCUT2D eigenvalue weighted by Gasteiger charge is -2.37. The number of halogens is 1. The second-order valence-corrected chi connectivity index (χ2v) is 14.2. The Labute approximate surface area is 212 Å². The molecule has 0 radical (unpaired) electrons. The van der Waals surface area contributed by atoms with Crippen molar-refractivity contribution < 1.29 is 26.0 Å². The molecule has 0 bridgehead atoms. The number of anilines is 2. The van der Waals surface area contributed by atoms with Gasteiger partial charge in [-0.25, -0.2) is 21.2 Å². The standard InChI is InChI=1S/C25H32FN3O5S2/c1-18(2)36(33,34)20-7-8-23(27-10-4-5-11-27)21(16-20)25(30)29-14-12-28(13-15-29)24-9-6-19(17-22(24)26)35(3,31)32/h6-9,16-18H,4-5,10-15H2,1-3H3. The molecule has 2 aliphatic heterocycles. The first-order chi connectivity index (χ1) is 16.9. The van der Waals surface area contributed by atoms with Gasteiger partial charge in [-0.2, -0.15) is 0 Å². The molecule has 2 saturated heterocycles. The monoisotopic (exact) mass is 537 g/mol. The molecule has 0 saturated carbocycles. The van der Waals surface area contributed by atoms with Gasteiger partial charge in [-0.1, -0.05) is 0 Å². The molecule has 0 aromatic heterocycles. The summed E-state index contributed by atoms with van der Waals surface area (Å²) in [5.41, 5.74) is 1.40. The molecule has 0 N–H and O–H groups in total. The van der Waals surface area contributed by atoms with Crippen molar-refractivity contribution in [3.63, 3.8) is 0 Å². The average molecular weight is 538 g/mol. The molecule has 2 aliphatic rings. The van der Waals surface area contributed by atoms with Gasteiger partial charge in [0.1, 0.15) is 5.82 Å². The van der Waals surface area contributed by atoms with Gasteiger partial charge in [0.25, 0.3) is 5.91 Å². The number of hydrogen-bond donors (Lipinski definition) is 0. The van der Waals surface area contributed by atoms with Gasteiger partial charge in [0.05, 0.1) is 26.3 Å². The van der Waals surface area contributed by atoms with Crippen LogP contribution in [0.1, 0.15) is 37.0 Å². The minimum absolute atomic E-state index is 0.0803. The van der Waals surface area contributed by atoms with Gasteiger partial charge in [-0.15, -0.1) is 0 Å². The van der Waals surface area contributed by atoms with Crippen LogP contribution < -0.4 is 9.80 Å². The molecule has 0 unspecified atom stereocenters. The van der Waals surface area contributed by atoms with E-state index in [9.17, 15) is 26.0 Å². The quantitative estimate of drug-likeness (QED) is 0.559. The largest absolute Gasteiger partial charge is 0.371 e. The molecule has 0 aliphatic carbocycles. The van der Waals surface area contributed by atoms with Crippen LogP contribution in [0.2, 0.25) is 0 Å². The van der Waals surface area contributed by atoms with Crippen LogP contribution in [0.4, 0.5) is 15.8 Å². The summed E-state index contributed by atoms with van der Waals surface area (Å²) < 4.78 is 63.7. The van der Waals surface area contributed by atoms with Crippen molar-refractivity contribution in [2.24, 2.45) is 0 Å². The van der Waals surface area contributed by atoms with Gasteiger partial charge < -0.3 is 14.7 Å². The summed E-state index contributed by atoms with van der Waals surface area (Å²) in [6, 6.07) is 8.68. The van der Waals surface area contributed by atoms with E-state index in [0.29, 0.717) is 31.7 Å². The number of hydrogen-bond acceptors (Lipinski definition) is 7. The molecular weight excluding hydrogens is 505 g/mol. The summed E-state index contributed by atoms with van der Waals surface area (Å²) in [6.07, 6.45) is 3.06. The van der Waals surface area contributed by atoms with Crippen LogP contribution in [0.15, 0.2) is 46.2 Å². The Morgan fingerprint density at radius 2 is 1.36 bits per heavy atom. The second-order valence-electron chi connectivity index (χ2n) is 9.63. The van der Waals surface area contributed by atoms with E-state index >= 15 is 0 Å². The minimum atomic E-state index is -3.55. The minimum Gasteiger partial charge on any atom is -0.371 e. The van der Waals surface area contributed by atoms with Gasteiger partial charge in [-0.3, -0.25) is 4.79 Å². The zero-order chi connectivity index (χ0) is 26.3. The van der Waals surface area contributed by atoms with Crippen LogP contribution in [0, 0.1) is 5.82 Å². The highest BCUT2D eigenvalue weighted by molar-refractivity contribution is 7.92. The highest BCUT2D eigenvalue weighted by Gasteiger charge is 2.29. The molecular formula is C25H32FN3O5S2. The fourth-order valence-corrected chi connectivity index (χ4v) is 6.38. The maximum atomic E-state index is 14.7. The predicted octanol–water partition coefficient (Wildman–Crippen LogP) is 2.97. The van der Waals surface area contributed by atoms with Crippen LogP contribution >= 0.6 is 0 Å². The molecule has 2 fully saturated rings. The van der Waals surface area contributed by atoms with Gasteiger partial charge in [-0.05, 0) is 63.1 Å². The highest BCUT2D eigenvalue weighted by Crippen LogP contribution is 2.31. The Kier molecular flexibility index (Phi) is 7.34. The van der Waals surface area contributed by atoms with Crippen LogP contribution in [-0.4, -0.2) is 78.4 Å². The Hall–Kier alpha value is -2.66. The first-order valence-electron chi connectivity index (χ1n) is 12.1. The number of sulfone groups is 2. The summed E-state index contributed by atoms with van der Waals surface area (Å²) in [5, 5.41) is -0.606. The number of benzene rings is 2. The van der Waals surface area contributed by atoms with E-state index in [0.717, 1.165) is 43.9 Å². The van der Waals surface area contributed by atoms with Gasteiger partial charge in [0.2, 0.25) is 0 Å². The third-order valence-corrected chi connectivity index (χ3v) is 10.1. The summed E-state index contributed by atoms with van der Waals surface area (Å²) in [5.74, 6) is -0.870. The van der Waals surface area contributed by atoms with Crippen molar-refractivity contribution in [3.8, 4) is 0 Å². The Bertz CT molecular complexity index is 1360. The Morgan fingerprint density at radius 1 is 0.806 bits per heavy atom. The molecule has 196 valence electrons. The molecule has 4 rings (SSSR count). The zero-order valence-electron chi connectivity index (χ0n) is 20.8. The molecule has 2 heterocycles. The van der Waals surface area contributed by atoms with Crippen molar-refractivity contribution in [2.75, 3.05) is 55.3 Å². The predicted molar refractivity (Wildman–Crippen MR) is 138 cm³/mol. The fourth-order valence-electron chi connectivity index (χ4n) is 4.66. The number of amides is 1. The van der Waals surface area contributed by atoms with Crippen LogP contribution in [0.25, 0.3) is 0 Å². The maximum absolute atomic E-state index is 14.7. The van der Waals surface area contributed by atoms with Crippen LogP contribution in [0.3, 0.4) is 0 Å². The summed E-state index contributed by atoms with van der Waals surface area (Å²) >= 11 is 0. The van der Waals surface area contributed by atoms with Gasteiger partial charge in [0.15, 0.2) is 19.7 Å². The number of piperazine rings is 1. The molecule has 2 aromatic rings. The van der Waals surface area contributed by atoms with Gasteiger partial charge >= 0.3 is 0 Å². The number of nitrogens with zero attached hydrogens (tertiary/aromatic N) is 3. The van der Waals surface area contributed by atoms with Crippen molar-refractivity contribution in [2.45, 2.75) is 41.7 Å². The smallest absolute Gasteiger partial charge is 0.256 e. The molecule has 8 nitrogen and oxygen atoms in total. The zero-order valence-corrected chi connectivity index (χ0v) is 22.4. The van der Waals surface area contributed by atoms with Crippen molar-refractivity contribution in [3.05, 3.63) is 47.8 Å². The lowest BCUT2D eigenvalue weighted by Crippen LogP contribution is -2.49. The maximum Gasteiger partial charge on any atom is 0.256 e. The van der Waals surface area contributed by atoms with E-state index in [2.05, 4.69) is 4.90 Å². The second kappa shape index (κ2) is 10.0. The first-order valence-corrected chi connectivity index (χ1v) is 15.5. The molecule has 1 amide bonds. The number of carbonyl (C=O) groups excluding carboxylic acids is 1. The summed E-state index contributed by atoms with van der Waals surface area (Å²) in [6.45, 7) is 6.24.